The van der Waals surface area contributed by atoms with Crippen LogP contribution in [0.5, 0.6) is 5.75 Å². The van der Waals surface area contributed by atoms with Crippen molar-refractivity contribution in [1.29, 1.82) is 0 Å². The fraction of sp³-hybridized carbons (Fsp3) is 0.368. The second-order valence-corrected chi connectivity index (χ2v) is 8.41. The third kappa shape index (κ3) is 3.88. The zero-order valence-corrected chi connectivity index (χ0v) is 15.5. The molecule has 1 atom stereocenters. The molecule has 0 heterocycles. The lowest BCUT2D eigenvalue weighted by molar-refractivity contribution is 0.301. The molecular weight excluding hydrogens is 360 g/mol. The molecule has 0 bridgehead atoms. The monoisotopic (exact) mass is 381 g/mol. The van der Waals surface area contributed by atoms with Crippen molar-refractivity contribution in [3.8, 4) is 5.75 Å². The number of hydrogen-bond acceptors (Lipinski definition) is 3. The number of benzene rings is 2. The fourth-order valence-corrected chi connectivity index (χ4v) is 4.71. The second kappa shape index (κ2) is 7.32. The Morgan fingerprint density at radius 2 is 1.81 bits per heavy atom. The lowest BCUT2D eigenvalue weighted by atomic mass is 10.1. The molecule has 1 saturated carbocycles. The number of ether oxygens (including phenoxy) is 1. The number of methoxy groups -OCH3 is 1. The predicted molar refractivity (Wildman–Crippen MR) is 94.3 cm³/mol. The Balaban J connectivity index is 1.96. The zero-order chi connectivity index (χ0) is 18.9. The van der Waals surface area contributed by atoms with E-state index in [1.807, 2.05) is 6.92 Å². The fourth-order valence-electron chi connectivity index (χ4n) is 2.98. The first kappa shape index (κ1) is 18.8. The number of nitrogens with zero attached hydrogens (tertiary/aromatic N) is 1. The summed E-state index contributed by atoms with van der Waals surface area (Å²) in [5.41, 5.74) is 0.768. The molecule has 0 spiro atoms. The molecule has 26 heavy (non-hydrogen) atoms. The van der Waals surface area contributed by atoms with E-state index in [0.29, 0.717) is 11.8 Å². The summed E-state index contributed by atoms with van der Waals surface area (Å²) in [5.74, 6) is -0.958. The second-order valence-electron chi connectivity index (χ2n) is 6.55. The summed E-state index contributed by atoms with van der Waals surface area (Å²) >= 11 is 0. The highest BCUT2D eigenvalue weighted by molar-refractivity contribution is 7.89. The van der Waals surface area contributed by atoms with Crippen LogP contribution in [0, 0.1) is 17.6 Å². The van der Waals surface area contributed by atoms with Crippen molar-refractivity contribution in [2.24, 2.45) is 5.92 Å². The Kier molecular flexibility index (Phi) is 5.29. The van der Waals surface area contributed by atoms with Gasteiger partial charge in [-0.3, -0.25) is 0 Å². The van der Waals surface area contributed by atoms with Gasteiger partial charge < -0.3 is 4.74 Å². The summed E-state index contributed by atoms with van der Waals surface area (Å²) in [6.45, 7) is 1.95. The third-order valence-corrected chi connectivity index (χ3v) is 6.70. The van der Waals surface area contributed by atoms with Crippen LogP contribution < -0.4 is 4.74 Å². The van der Waals surface area contributed by atoms with E-state index in [4.69, 9.17) is 4.74 Å². The maximum absolute atomic E-state index is 14.2. The average molecular weight is 381 g/mol. The van der Waals surface area contributed by atoms with Gasteiger partial charge in [-0.05, 0) is 55.5 Å². The molecule has 0 N–H and O–H groups in total. The molecule has 0 unspecified atom stereocenters. The van der Waals surface area contributed by atoms with Gasteiger partial charge in [-0.25, -0.2) is 17.2 Å². The van der Waals surface area contributed by atoms with Gasteiger partial charge in [0.05, 0.1) is 7.11 Å². The SMILES string of the molecule is COc1ccc(CN([C@@H](C)C2CC2)S(=O)(=O)c2ccc(F)cc2F)cc1. The Labute approximate surface area is 152 Å². The van der Waals surface area contributed by atoms with Crippen molar-refractivity contribution in [2.75, 3.05) is 7.11 Å². The maximum atomic E-state index is 14.2. The molecule has 140 valence electrons. The van der Waals surface area contributed by atoms with Crippen molar-refractivity contribution in [3.63, 3.8) is 0 Å². The highest BCUT2D eigenvalue weighted by Crippen LogP contribution is 2.38. The molecule has 0 amide bonds. The van der Waals surface area contributed by atoms with Crippen molar-refractivity contribution in [1.82, 2.24) is 4.31 Å². The van der Waals surface area contributed by atoms with Crippen LogP contribution in [0.3, 0.4) is 0 Å². The van der Waals surface area contributed by atoms with Crippen LogP contribution in [0.2, 0.25) is 0 Å². The predicted octanol–water partition coefficient (Wildman–Crippen LogP) is 3.96. The molecule has 1 aliphatic rings. The summed E-state index contributed by atoms with van der Waals surface area (Å²) in [4.78, 5) is -0.500. The molecular formula is C19H21F2NO3S. The molecule has 3 rings (SSSR count). The molecule has 0 saturated heterocycles. The Morgan fingerprint density at radius 1 is 1.15 bits per heavy atom. The smallest absolute Gasteiger partial charge is 0.246 e. The van der Waals surface area contributed by atoms with Gasteiger partial charge >= 0.3 is 0 Å². The molecule has 2 aromatic carbocycles. The summed E-state index contributed by atoms with van der Waals surface area (Å²) in [7, 11) is -2.55. The molecule has 4 nitrogen and oxygen atoms in total. The van der Waals surface area contributed by atoms with Crippen LogP contribution in [0.15, 0.2) is 47.4 Å². The normalized spacial score (nSPS) is 15.9. The molecule has 1 fully saturated rings. The van der Waals surface area contributed by atoms with E-state index in [2.05, 4.69) is 0 Å². The van der Waals surface area contributed by atoms with Gasteiger partial charge in [0.2, 0.25) is 10.0 Å². The Bertz CT molecular complexity index is 880. The van der Waals surface area contributed by atoms with E-state index >= 15 is 0 Å². The number of hydrogen-bond donors (Lipinski definition) is 0. The molecule has 0 aliphatic heterocycles. The van der Waals surface area contributed by atoms with Crippen molar-refractivity contribution in [3.05, 3.63) is 59.7 Å². The third-order valence-electron chi connectivity index (χ3n) is 4.74. The van der Waals surface area contributed by atoms with E-state index in [9.17, 15) is 17.2 Å². The van der Waals surface area contributed by atoms with Crippen molar-refractivity contribution < 1.29 is 21.9 Å². The maximum Gasteiger partial charge on any atom is 0.246 e. The number of halogens is 2. The zero-order valence-electron chi connectivity index (χ0n) is 14.7. The van der Waals surface area contributed by atoms with E-state index < -0.39 is 26.6 Å². The lowest BCUT2D eigenvalue weighted by Gasteiger charge is -2.29. The van der Waals surface area contributed by atoms with E-state index in [-0.39, 0.29) is 18.5 Å². The van der Waals surface area contributed by atoms with Crippen LogP contribution in [-0.2, 0) is 16.6 Å². The van der Waals surface area contributed by atoms with Crippen LogP contribution >= 0.6 is 0 Å². The average Bonchev–Trinajstić information content (AvgIpc) is 3.44. The van der Waals surface area contributed by atoms with Gasteiger partial charge in [-0.15, -0.1) is 0 Å². The Hall–Kier alpha value is -1.99. The van der Waals surface area contributed by atoms with Gasteiger partial charge in [0.1, 0.15) is 22.3 Å². The van der Waals surface area contributed by atoms with Crippen molar-refractivity contribution >= 4 is 10.0 Å². The quantitative estimate of drug-likeness (QED) is 0.729. The van der Waals surface area contributed by atoms with Crippen LogP contribution in [0.4, 0.5) is 8.78 Å². The summed E-state index contributed by atoms with van der Waals surface area (Å²) in [5, 5.41) is 0. The highest BCUT2D eigenvalue weighted by Gasteiger charge is 2.39. The minimum Gasteiger partial charge on any atom is -0.497 e. The minimum absolute atomic E-state index is 0.112. The number of rotatable bonds is 7. The first-order valence-electron chi connectivity index (χ1n) is 8.42. The first-order chi connectivity index (χ1) is 12.3. The van der Waals surface area contributed by atoms with E-state index in [1.165, 1.54) is 4.31 Å². The van der Waals surface area contributed by atoms with Gasteiger partial charge in [0, 0.05) is 18.7 Å². The molecule has 1 aliphatic carbocycles. The summed E-state index contributed by atoms with van der Waals surface area (Å²) in [6, 6.07) is 9.33. The summed E-state index contributed by atoms with van der Waals surface area (Å²) < 4.78 is 60.0. The topological polar surface area (TPSA) is 46.6 Å². The lowest BCUT2D eigenvalue weighted by Crippen LogP contribution is -2.39. The van der Waals surface area contributed by atoms with Gasteiger partial charge in [-0.2, -0.15) is 4.31 Å². The molecule has 2 aromatic rings. The number of sulfonamides is 1. The van der Waals surface area contributed by atoms with Crippen LogP contribution in [-0.4, -0.2) is 25.9 Å². The minimum atomic E-state index is -4.11. The Morgan fingerprint density at radius 3 is 2.35 bits per heavy atom. The van der Waals surface area contributed by atoms with Crippen LogP contribution in [0.25, 0.3) is 0 Å². The standard InChI is InChI=1S/C19H21F2NO3S/c1-13(15-5-6-15)22(12-14-3-8-17(25-2)9-4-14)26(23,24)19-10-7-16(20)11-18(19)21/h3-4,7-11,13,15H,5-6,12H2,1-2H3/t13-/m0/s1. The first-order valence-corrected chi connectivity index (χ1v) is 9.86. The molecule has 0 radical (unpaired) electrons. The van der Waals surface area contributed by atoms with Gasteiger partial charge in [0.25, 0.3) is 0 Å². The molecule has 7 heteroatoms. The van der Waals surface area contributed by atoms with Gasteiger partial charge in [0.15, 0.2) is 0 Å². The largest absolute Gasteiger partial charge is 0.497 e. The van der Waals surface area contributed by atoms with E-state index in [0.717, 1.165) is 30.5 Å². The molecule has 0 aromatic heterocycles. The van der Waals surface area contributed by atoms with Gasteiger partial charge in [-0.1, -0.05) is 12.1 Å². The van der Waals surface area contributed by atoms with Crippen LogP contribution in [0.1, 0.15) is 25.3 Å². The van der Waals surface area contributed by atoms with Crippen molar-refractivity contribution in [2.45, 2.75) is 37.2 Å². The summed E-state index contributed by atoms with van der Waals surface area (Å²) in [6.07, 6.45) is 1.89. The van der Waals surface area contributed by atoms with E-state index in [1.54, 1.807) is 31.4 Å². The highest BCUT2D eigenvalue weighted by atomic mass is 32.2.